The molecule has 3 aromatic rings. The van der Waals surface area contributed by atoms with E-state index >= 15 is 0 Å². The van der Waals surface area contributed by atoms with Gasteiger partial charge in [0.25, 0.3) is 11.8 Å². The molecule has 1 aliphatic heterocycles. The molecular weight excluding hydrogens is 398 g/mol. The zero-order valence-electron chi connectivity index (χ0n) is 16.5. The molecule has 0 saturated carbocycles. The second kappa shape index (κ2) is 8.12. The van der Waals surface area contributed by atoms with Crippen LogP contribution in [0.4, 0.5) is 11.5 Å². The molecule has 0 saturated heterocycles. The number of fused-ring (bicyclic) bond motifs is 1. The molecule has 1 aromatic heterocycles. The topological polar surface area (TPSA) is 119 Å². The summed E-state index contributed by atoms with van der Waals surface area (Å²) in [5.74, 6) is 4.01. The number of hydrogen-bond donors (Lipinski definition) is 2. The maximum Gasteiger partial charge on any atom is 0.398 e. The van der Waals surface area contributed by atoms with E-state index in [1.807, 2.05) is 0 Å². The summed E-state index contributed by atoms with van der Waals surface area (Å²) in [5, 5.41) is 21.2. The minimum atomic E-state index is -0.541. The summed E-state index contributed by atoms with van der Waals surface area (Å²) in [5.41, 5.74) is 3.38. The minimum Gasteiger partial charge on any atom is -0.358 e. The molecule has 2 amide bonds. The molecule has 154 valence electrons. The number of carbonyl (C=O) groups is 2. The normalized spacial score (nSPS) is 12.2. The molecule has 0 fully saturated rings. The lowest BCUT2D eigenvalue weighted by Gasteiger charge is -2.16. The molecule has 0 unspecified atom stereocenters. The van der Waals surface area contributed by atoms with Gasteiger partial charge < -0.3 is 20.7 Å². The Kier molecular flexibility index (Phi) is 5.20. The Morgan fingerprint density at radius 2 is 2.10 bits per heavy atom. The van der Waals surface area contributed by atoms with Gasteiger partial charge in [-0.2, -0.15) is 0 Å². The summed E-state index contributed by atoms with van der Waals surface area (Å²) >= 11 is 0. The van der Waals surface area contributed by atoms with Crippen LogP contribution in [0.1, 0.15) is 22.8 Å². The van der Waals surface area contributed by atoms with Crippen LogP contribution in [-0.2, 0) is 11.2 Å². The second-order valence-corrected chi connectivity index (χ2v) is 6.83. The summed E-state index contributed by atoms with van der Waals surface area (Å²) in [6, 6.07) is 11.9. The molecule has 9 nitrogen and oxygen atoms in total. The molecule has 2 N–H and O–H groups in total. The van der Waals surface area contributed by atoms with Crippen molar-refractivity contribution in [1.29, 1.82) is 0 Å². The fraction of sp³-hybridized carbons (Fsp3) is 0.136. The van der Waals surface area contributed by atoms with Gasteiger partial charge in [-0.05, 0) is 65.6 Å². The van der Waals surface area contributed by atoms with Crippen molar-refractivity contribution in [1.82, 2.24) is 15.1 Å². The molecule has 0 radical (unpaired) electrons. The monoisotopic (exact) mass is 415 g/mol. The Balaban J connectivity index is 1.74. The van der Waals surface area contributed by atoms with E-state index in [4.69, 9.17) is 0 Å². The number of benzene rings is 2. The molecule has 31 heavy (non-hydrogen) atoms. The van der Waals surface area contributed by atoms with Crippen molar-refractivity contribution in [2.24, 2.45) is 0 Å². The Labute approximate surface area is 177 Å². The molecule has 0 spiro atoms. The number of anilines is 1. The zero-order chi connectivity index (χ0) is 22.0. The van der Waals surface area contributed by atoms with Crippen LogP contribution in [0.25, 0.3) is 16.8 Å². The van der Waals surface area contributed by atoms with Crippen LogP contribution in [0.3, 0.4) is 0 Å². The zero-order valence-corrected chi connectivity index (χ0v) is 16.5. The maximum atomic E-state index is 12.0. The molecule has 2 heterocycles. The fourth-order valence-electron chi connectivity index (χ4n) is 3.43. The molecular formula is C22H17N5O4. The van der Waals surface area contributed by atoms with Gasteiger partial charge in [-0.25, -0.2) is 0 Å². The quantitative estimate of drug-likeness (QED) is 0.386. The SMILES string of the molecule is CC#CC(=O)Nc1cccc(-n2cc(-c3ccc4c(c3)CCNC4=O)c([N+](=O)[O-])n2)c1. The van der Waals surface area contributed by atoms with Crippen molar-refractivity contribution in [2.75, 3.05) is 11.9 Å². The number of rotatable bonds is 4. The highest BCUT2D eigenvalue weighted by atomic mass is 16.6. The van der Waals surface area contributed by atoms with Crippen molar-refractivity contribution < 1.29 is 14.5 Å². The maximum absolute atomic E-state index is 12.0. The Morgan fingerprint density at radius 3 is 2.87 bits per heavy atom. The fourth-order valence-corrected chi connectivity index (χ4v) is 3.43. The average molecular weight is 415 g/mol. The first-order valence-corrected chi connectivity index (χ1v) is 9.46. The van der Waals surface area contributed by atoms with Gasteiger partial charge in [0.1, 0.15) is 5.56 Å². The lowest BCUT2D eigenvalue weighted by molar-refractivity contribution is -0.389. The van der Waals surface area contributed by atoms with E-state index in [2.05, 4.69) is 27.6 Å². The summed E-state index contributed by atoms with van der Waals surface area (Å²) in [4.78, 5) is 34.8. The Bertz CT molecular complexity index is 1280. The van der Waals surface area contributed by atoms with Crippen LogP contribution in [0.2, 0.25) is 0 Å². The summed E-state index contributed by atoms with van der Waals surface area (Å²) in [6.45, 7) is 2.09. The Morgan fingerprint density at radius 1 is 1.26 bits per heavy atom. The van der Waals surface area contributed by atoms with Crippen LogP contribution in [0.15, 0.2) is 48.7 Å². The standard InChI is InChI=1S/C22H17N5O4/c1-2-4-20(28)24-16-5-3-6-17(12-16)26-13-19(21(25-26)27(30)31)14-7-8-18-15(11-14)9-10-23-22(18)29/h3,5-8,11-13H,9-10H2,1H3,(H,23,29)(H,24,28). The van der Waals surface area contributed by atoms with E-state index in [0.29, 0.717) is 41.0 Å². The van der Waals surface area contributed by atoms with Gasteiger partial charge in [-0.15, -0.1) is 4.68 Å². The van der Waals surface area contributed by atoms with E-state index in [1.54, 1.807) is 55.6 Å². The molecule has 0 bridgehead atoms. The number of nitro groups is 1. The van der Waals surface area contributed by atoms with Crippen LogP contribution in [0, 0.1) is 22.0 Å². The number of carbonyl (C=O) groups excluding carboxylic acids is 2. The van der Waals surface area contributed by atoms with Crippen molar-refractivity contribution in [3.05, 3.63) is 69.9 Å². The first-order valence-electron chi connectivity index (χ1n) is 9.46. The third-order valence-corrected chi connectivity index (χ3v) is 4.82. The lowest BCUT2D eigenvalue weighted by Crippen LogP contribution is -2.31. The van der Waals surface area contributed by atoms with E-state index in [0.717, 1.165) is 5.56 Å². The largest absolute Gasteiger partial charge is 0.398 e. The smallest absolute Gasteiger partial charge is 0.358 e. The van der Waals surface area contributed by atoms with Gasteiger partial charge in [0.2, 0.25) is 0 Å². The number of nitrogens with one attached hydrogen (secondary N) is 2. The average Bonchev–Trinajstić information content (AvgIpc) is 3.20. The van der Waals surface area contributed by atoms with Crippen LogP contribution in [-0.4, -0.2) is 33.1 Å². The van der Waals surface area contributed by atoms with Crippen molar-refractivity contribution in [3.8, 4) is 28.7 Å². The molecule has 4 rings (SSSR count). The van der Waals surface area contributed by atoms with Gasteiger partial charge in [0.15, 0.2) is 0 Å². The van der Waals surface area contributed by atoms with Gasteiger partial charge >= 0.3 is 5.82 Å². The van der Waals surface area contributed by atoms with E-state index in [1.165, 1.54) is 4.68 Å². The third kappa shape index (κ3) is 4.00. The van der Waals surface area contributed by atoms with Gasteiger partial charge in [0.05, 0.1) is 17.0 Å². The summed E-state index contributed by atoms with van der Waals surface area (Å²) in [6.07, 6.45) is 2.22. The van der Waals surface area contributed by atoms with Crippen LogP contribution >= 0.6 is 0 Å². The highest BCUT2D eigenvalue weighted by Crippen LogP contribution is 2.32. The van der Waals surface area contributed by atoms with Crippen molar-refractivity contribution >= 4 is 23.3 Å². The second-order valence-electron chi connectivity index (χ2n) is 6.83. The lowest BCUT2D eigenvalue weighted by atomic mass is 9.96. The van der Waals surface area contributed by atoms with Gasteiger partial charge in [-0.3, -0.25) is 9.59 Å². The van der Waals surface area contributed by atoms with Gasteiger partial charge in [0, 0.05) is 17.8 Å². The highest BCUT2D eigenvalue weighted by Gasteiger charge is 2.25. The third-order valence-electron chi connectivity index (χ3n) is 4.82. The van der Waals surface area contributed by atoms with E-state index in [9.17, 15) is 19.7 Å². The van der Waals surface area contributed by atoms with E-state index in [-0.39, 0.29) is 11.7 Å². The van der Waals surface area contributed by atoms with Crippen molar-refractivity contribution in [3.63, 3.8) is 0 Å². The first kappa shape index (κ1) is 19.8. The highest BCUT2D eigenvalue weighted by molar-refractivity contribution is 6.04. The molecule has 0 aliphatic carbocycles. The molecule has 0 atom stereocenters. The van der Waals surface area contributed by atoms with Crippen LogP contribution < -0.4 is 10.6 Å². The van der Waals surface area contributed by atoms with E-state index < -0.39 is 10.8 Å². The number of aromatic nitrogens is 2. The van der Waals surface area contributed by atoms with Crippen molar-refractivity contribution in [2.45, 2.75) is 13.3 Å². The molecule has 1 aliphatic rings. The predicted molar refractivity (Wildman–Crippen MR) is 114 cm³/mol. The molecule has 2 aromatic carbocycles. The summed E-state index contributed by atoms with van der Waals surface area (Å²) in [7, 11) is 0. The molecule has 9 heteroatoms. The number of amides is 2. The Hall–Kier alpha value is -4.45. The van der Waals surface area contributed by atoms with Gasteiger partial charge in [-0.1, -0.05) is 18.1 Å². The number of nitrogens with zero attached hydrogens (tertiary/aromatic N) is 3. The predicted octanol–water partition coefficient (Wildman–Crippen LogP) is 2.70. The first-order chi connectivity index (χ1) is 15.0. The number of hydrogen-bond acceptors (Lipinski definition) is 5. The van der Waals surface area contributed by atoms with Crippen LogP contribution in [0.5, 0.6) is 0 Å². The minimum absolute atomic E-state index is 0.149. The summed E-state index contributed by atoms with van der Waals surface area (Å²) < 4.78 is 1.39.